The van der Waals surface area contributed by atoms with E-state index in [2.05, 4.69) is 0 Å². The summed E-state index contributed by atoms with van der Waals surface area (Å²) in [6.45, 7) is 2.32. The lowest BCUT2D eigenvalue weighted by Crippen LogP contribution is -2.42. The Labute approximate surface area is 106 Å². The summed E-state index contributed by atoms with van der Waals surface area (Å²) >= 11 is 6.03. The Morgan fingerprint density at radius 2 is 2.18 bits per heavy atom. The molecule has 1 aliphatic rings. The molecule has 1 saturated carbocycles. The monoisotopic (exact) mass is 257 g/mol. The average Bonchev–Trinajstić information content (AvgIpc) is 2.25. The smallest absolute Gasteiger partial charge is 0.173 e. The first-order valence-corrected chi connectivity index (χ1v) is 6.16. The first-order valence-electron chi connectivity index (χ1n) is 5.79. The van der Waals surface area contributed by atoms with Crippen LogP contribution in [-0.4, -0.2) is 13.7 Å². The third-order valence-corrected chi connectivity index (χ3v) is 4.29. The van der Waals surface area contributed by atoms with Crippen molar-refractivity contribution in [3.05, 3.63) is 28.0 Å². The first-order chi connectivity index (χ1) is 8.05. The number of benzene rings is 1. The van der Waals surface area contributed by atoms with Gasteiger partial charge in [-0.15, -0.1) is 0 Å². The van der Waals surface area contributed by atoms with Crippen LogP contribution in [-0.2, 0) is 5.41 Å². The molecule has 1 fully saturated rings. The zero-order valence-corrected chi connectivity index (χ0v) is 10.9. The minimum atomic E-state index is -0.353. The van der Waals surface area contributed by atoms with Crippen LogP contribution in [0.2, 0.25) is 5.02 Å². The van der Waals surface area contributed by atoms with Crippen molar-refractivity contribution in [2.45, 2.75) is 31.6 Å². The third-order valence-electron chi connectivity index (χ3n) is 3.82. The fraction of sp³-hybridized carbons (Fsp3) is 0.538. The SMILES string of the molecule is COc1c(F)c(C2(CN)CCC2)cc(C)c1Cl. The van der Waals surface area contributed by atoms with Crippen molar-refractivity contribution in [2.24, 2.45) is 5.73 Å². The van der Waals surface area contributed by atoms with Gasteiger partial charge in [-0.2, -0.15) is 0 Å². The number of halogens is 2. The highest BCUT2D eigenvalue weighted by atomic mass is 35.5. The van der Waals surface area contributed by atoms with Crippen molar-refractivity contribution in [1.29, 1.82) is 0 Å². The normalized spacial score (nSPS) is 17.7. The number of rotatable bonds is 3. The lowest BCUT2D eigenvalue weighted by atomic mass is 9.64. The molecule has 0 saturated heterocycles. The van der Waals surface area contributed by atoms with E-state index in [1.165, 1.54) is 7.11 Å². The lowest BCUT2D eigenvalue weighted by molar-refractivity contribution is 0.241. The number of methoxy groups -OCH3 is 1. The summed E-state index contributed by atoms with van der Waals surface area (Å²) in [6, 6.07) is 1.81. The molecule has 2 rings (SSSR count). The molecule has 1 aliphatic carbocycles. The van der Waals surface area contributed by atoms with E-state index in [9.17, 15) is 4.39 Å². The van der Waals surface area contributed by atoms with Gasteiger partial charge in [0.25, 0.3) is 0 Å². The van der Waals surface area contributed by atoms with Crippen molar-refractivity contribution in [3.8, 4) is 5.75 Å². The fourth-order valence-electron chi connectivity index (χ4n) is 2.49. The van der Waals surface area contributed by atoms with Gasteiger partial charge in [0.1, 0.15) is 0 Å². The third kappa shape index (κ3) is 1.81. The predicted octanol–water partition coefficient (Wildman–Crippen LogP) is 3.18. The Bertz CT molecular complexity index is 438. The molecule has 0 spiro atoms. The van der Waals surface area contributed by atoms with E-state index in [1.807, 2.05) is 13.0 Å². The Morgan fingerprint density at radius 3 is 2.59 bits per heavy atom. The average molecular weight is 258 g/mol. The molecular formula is C13H17ClFNO. The molecule has 0 aliphatic heterocycles. The van der Waals surface area contributed by atoms with Crippen molar-refractivity contribution < 1.29 is 9.13 Å². The number of aryl methyl sites for hydroxylation is 1. The van der Waals surface area contributed by atoms with Gasteiger partial charge in [0, 0.05) is 12.0 Å². The maximum Gasteiger partial charge on any atom is 0.173 e. The standard InChI is InChI=1S/C13H17ClFNO/c1-8-6-9(13(7-16)4-3-5-13)11(15)12(17-2)10(8)14/h6H,3-5,7,16H2,1-2H3. The van der Waals surface area contributed by atoms with Gasteiger partial charge >= 0.3 is 0 Å². The van der Waals surface area contributed by atoms with Gasteiger partial charge in [-0.1, -0.05) is 24.1 Å². The second-order valence-electron chi connectivity index (χ2n) is 4.74. The van der Waals surface area contributed by atoms with Crippen molar-refractivity contribution in [1.82, 2.24) is 0 Å². The van der Waals surface area contributed by atoms with Crippen LogP contribution in [0.5, 0.6) is 5.75 Å². The van der Waals surface area contributed by atoms with E-state index in [0.29, 0.717) is 17.1 Å². The maximum atomic E-state index is 14.4. The van der Waals surface area contributed by atoms with Gasteiger partial charge in [-0.25, -0.2) is 4.39 Å². The molecule has 2 N–H and O–H groups in total. The molecule has 0 unspecified atom stereocenters. The molecule has 0 heterocycles. The van der Waals surface area contributed by atoms with Gasteiger partial charge in [-0.05, 0) is 30.9 Å². The Balaban J connectivity index is 2.58. The topological polar surface area (TPSA) is 35.2 Å². The molecule has 17 heavy (non-hydrogen) atoms. The molecule has 0 radical (unpaired) electrons. The molecule has 0 bridgehead atoms. The summed E-state index contributed by atoms with van der Waals surface area (Å²) in [5.74, 6) is -0.213. The van der Waals surface area contributed by atoms with Crippen molar-refractivity contribution >= 4 is 11.6 Å². The van der Waals surface area contributed by atoms with E-state index in [1.54, 1.807) is 0 Å². The summed E-state index contributed by atoms with van der Waals surface area (Å²) in [6.07, 6.45) is 2.97. The molecular weight excluding hydrogens is 241 g/mol. The van der Waals surface area contributed by atoms with Gasteiger partial charge in [-0.3, -0.25) is 0 Å². The number of hydrogen-bond acceptors (Lipinski definition) is 2. The van der Waals surface area contributed by atoms with Crippen LogP contribution in [0.3, 0.4) is 0 Å². The van der Waals surface area contributed by atoms with Crippen LogP contribution in [0.4, 0.5) is 4.39 Å². The molecule has 0 amide bonds. The van der Waals surface area contributed by atoms with Crippen LogP contribution in [0.15, 0.2) is 6.07 Å². The summed E-state index contributed by atoms with van der Waals surface area (Å²) in [4.78, 5) is 0. The minimum absolute atomic E-state index is 0.140. The second-order valence-corrected chi connectivity index (χ2v) is 5.12. The molecule has 1 aromatic carbocycles. The Morgan fingerprint density at radius 1 is 1.53 bits per heavy atom. The van der Waals surface area contributed by atoms with Gasteiger partial charge in [0.2, 0.25) is 0 Å². The van der Waals surface area contributed by atoms with Crippen LogP contribution in [0.1, 0.15) is 30.4 Å². The van der Waals surface area contributed by atoms with Crippen molar-refractivity contribution in [3.63, 3.8) is 0 Å². The Kier molecular flexibility index (Phi) is 3.32. The molecule has 94 valence electrons. The molecule has 0 atom stereocenters. The lowest BCUT2D eigenvalue weighted by Gasteiger charge is -2.42. The van der Waals surface area contributed by atoms with Crippen LogP contribution in [0, 0.1) is 12.7 Å². The predicted molar refractivity (Wildman–Crippen MR) is 67.3 cm³/mol. The quantitative estimate of drug-likeness (QED) is 0.903. The molecule has 4 heteroatoms. The maximum absolute atomic E-state index is 14.4. The summed E-state index contributed by atoms with van der Waals surface area (Å²) in [7, 11) is 1.43. The van der Waals surface area contributed by atoms with Crippen LogP contribution < -0.4 is 10.5 Å². The van der Waals surface area contributed by atoms with E-state index >= 15 is 0 Å². The van der Waals surface area contributed by atoms with Gasteiger partial charge in [0.05, 0.1) is 12.1 Å². The summed E-state index contributed by atoms with van der Waals surface area (Å²) in [5, 5.41) is 0.347. The molecule has 0 aromatic heterocycles. The minimum Gasteiger partial charge on any atom is -0.492 e. The largest absolute Gasteiger partial charge is 0.492 e. The van der Waals surface area contributed by atoms with Gasteiger partial charge in [0.15, 0.2) is 11.6 Å². The zero-order chi connectivity index (χ0) is 12.6. The van der Waals surface area contributed by atoms with Gasteiger partial charge < -0.3 is 10.5 Å². The zero-order valence-electron chi connectivity index (χ0n) is 10.1. The highest BCUT2D eigenvalue weighted by Crippen LogP contribution is 2.47. The summed E-state index contributed by atoms with van der Waals surface area (Å²) in [5.41, 5.74) is 7.08. The van der Waals surface area contributed by atoms with E-state index < -0.39 is 0 Å². The van der Waals surface area contributed by atoms with E-state index in [4.69, 9.17) is 22.1 Å². The van der Waals surface area contributed by atoms with E-state index in [0.717, 1.165) is 24.8 Å². The Hall–Kier alpha value is -0.800. The number of hydrogen-bond donors (Lipinski definition) is 1. The first kappa shape index (κ1) is 12.7. The molecule has 2 nitrogen and oxygen atoms in total. The fourth-order valence-corrected chi connectivity index (χ4v) is 2.71. The van der Waals surface area contributed by atoms with Crippen LogP contribution in [0.25, 0.3) is 0 Å². The summed E-state index contributed by atoms with van der Waals surface area (Å²) < 4.78 is 19.4. The molecule has 1 aromatic rings. The van der Waals surface area contributed by atoms with Crippen molar-refractivity contribution in [2.75, 3.05) is 13.7 Å². The highest BCUT2D eigenvalue weighted by molar-refractivity contribution is 6.32. The second kappa shape index (κ2) is 4.46. The highest BCUT2D eigenvalue weighted by Gasteiger charge is 2.40. The van der Waals surface area contributed by atoms with Crippen LogP contribution >= 0.6 is 11.6 Å². The number of nitrogens with two attached hydrogens (primary N) is 1. The van der Waals surface area contributed by atoms with E-state index in [-0.39, 0.29) is 17.0 Å². The number of ether oxygens (including phenoxy) is 1.